The van der Waals surface area contributed by atoms with E-state index in [0.29, 0.717) is 16.7 Å². The van der Waals surface area contributed by atoms with Gasteiger partial charge in [-0.3, -0.25) is 0 Å². The van der Waals surface area contributed by atoms with Crippen LogP contribution in [0.2, 0.25) is 5.02 Å². The first kappa shape index (κ1) is 14.3. The topological polar surface area (TPSA) is 12.0 Å². The number of hydrogen-bond donors (Lipinski definition) is 1. The van der Waals surface area contributed by atoms with Crippen LogP contribution < -0.4 is 5.32 Å². The number of rotatable bonds is 3. The summed E-state index contributed by atoms with van der Waals surface area (Å²) in [7, 11) is 0. The lowest BCUT2D eigenvalue weighted by molar-refractivity contribution is 0.625. The number of hydrogen-bond acceptors (Lipinski definition) is 1. The number of benzene rings is 2. The Morgan fingerprint density at radius 3 is 2.58 bits per heavy atom. The molecule has 1 N–H and O–H groups in total. The summed E-state index contributed by atoms with van der Waals surface area (Å²) < 4.78 is 26.8. The maximum absolute atomic E-state index is 13.2. The molecule has 0 atom stereocenters. The van der Waals surface area contributed by atoms with Crippen molar-refractivity contribution in [1.29, 1.82) is 0 Å². The predicted octanol–water partition coefficient (Wildman–Crippen LogP) is 5.30. The molecule has 2 aromatic carbocycles. The molecule has 0 saturated carbocycles. The Labute approximate surface area is 123 Å². The molecule has 5 heteroatoms. The van der Waals surface area contributed by atoms with Gasteiger partial charge in [0.15, 0.2) is 0 Å². The van der Waals surface area contributed by atoms with Gasteiger partial charge in [0.2, 0.25) is 0 Å². The molecule has 0 amide bonds. The molecule has 0 aliphatic carbocycles. The zero-order chi connectivity index (χ0) is 14.0. The first-order valence-corrected chi connectivity index (χ1v) is 6.78. The minimum Gasteiger partial charge on any atom is -0.379 e. The van der Waals surface area contributed by atoms with E-state index in [0.717, 1.165) is 11.1 Å². The third-order valence-corrected chi connectivity index (χ3v) is 3.70. The fourth-order valence-electron chi connectivity index (χ4n) is 1.73. The van der Waals surface area contributed by atoms with Crippen molar-refractivity contribution in [3.05, 3.63) is 62.6 Å². The molecule has 2 rings (SSSR count). The van der Waals surface area contributed by atoms with Crippen LogP contribution in [0.4, 0.5) is 14.5 Å². The van der Waals surface area contributed by atoms with E-state index in [-0.39, 0.29) is 10.8 Å². The molecule has 100 valence electrons. The van der Waals surface area contributed by atoms with Gasteiger partial charge < -0.3 is 5.32 Å². The SMILES string of the molecule is Cc1ccc(F)cc1CNc1c(Cl)cc(F)cc1Br. The van der Waals surface area contributed by atoms with Crippen LogP contribution in [-0.4, -0.2) is 0 Å². The number of halogens is 4. The van der Waals surface area contributed by atoms with Gasteiger partial charge in [-0.1, -0.05) is 17.7 Å². The summed E-state index contributed by atoms with van der Waals surface area (Å²) in [5.41, 5.74) is 2.39. The van der Waals surface area contributed by atoms with Gasteiger partial charge >= 0.3 is 0 Å². The summed E-state index contributed by atoms with van der Waals surface area (Å²) in [6.07, 6.45) is 0. The Balaban J connectivity index is 2.21. The third kappa shape index (κ3) is 3.45. The van der Waals surface area contributed by atoms with Crippen LogP contribution in [-0.2, 0) is 6.54 Å². The van der Waals surface area contributed by atoms with Crippen LogP contribution >= 0.6 is 27.5 Å². The Kier molecular flexibility index (Phi) is 4.42. The highest BCUT2D eigenvalue weighted by molar-refractivity contribution is 9.10. The second-order valence-corrected chi connectivity index (χ2v) is 5.43. The predicted molar refractivity (Wildman–Crippen MR) is 77.6 cm³/mol. The minimum atomic E-state index is -0.413. The van der Waals surface area contributed by atoms with Crippen molar-refractivity contribution in [2.24, 2.45) is 0 Å². The maximum atomic E-state index is 13.2. The van der Waals surface area contributed by atoms with Gasteiger partial charge in [0.1, 0.15) is 11.6 Å². The summed E-state index contributed by atoms with van der Waals surface area (Å²) in [6.45, 7) is 2.31. The Morgan fingerprint density at radius 2 is 1.89 bits per heavy atom. The summed E-state index contributed by atoms with van der Waals surface area (Å²) in [4.78, 5) is 0. The highest BCUT2D eigenvalue weighted by Crippen LogP contribution is 2.32. The van der Waals surface area contributed by atoms with E-state index in [2.05, 4.69) is 21.2 Å². The smallest absolute Gasteiger partial charge is 0.125 e. The second-order valence-electron chi connectivity index (χ2n) is 4.17. The van der Waals surface area contributed by atoms with Gasteiger partial charge in [0, 0.05) is 11.0 Å². The van der Waals surface area contributed by atoms with E-state index < -0.39 is 5.82 Å². The van der Waals surface area contributed by atoms with Gasteiger partial charge in [0.25, 0.3) is 0 Å². The Bertz CT molecular complexity index is 593. The Morgan fingerprint density at radius 1 is 1.16 bits per heavy atom. The van der Waals surface area contributed by atoms with Crippen LogP contribution in [0.5, 0.6) is 0 Å². The third-order valence-electron chi connectivity index (χ3n) is 2.77. The Hall–Kier alpha value is -1.13. The van der Waals surface area contributed by atoms with Gasteiger partial charge in [-0.15, -0.1) is 0 Å². The van der Waals surface area contributed by atoms with E-state index >= 15 is 0 Å². The average molecular weight is 347 g/mol. The van der Waals surface area contributed by atoms with Crippen LogP contribution in [0.15, 0.2) is 34.8 Å². The fourth-order valence-corrected chi connectivity index (χ4v) is 2.68. The highest BCUT2D eigenvalue weighted by Gasteiger charge is 2.08. The molecular formula is C14H11BrClF2N. The molecule has 0 aromatic heterocycles. The lowest BCUT2D eigenvalue weighted by Gasteiger charge is -2.12. The fraction of sp³-hybridized carbons (Fsp3) is 0.143. The highest BCUT2D eigenvalue weighted by atomic mass is 79.9. The van der Waals surface area contributed by atoms with Crippen molar-refractivity contribution in [2.75, 3.05) is 5.32 Å². The van der Waals surface area contributed by atoms with Crippen LogP contribution in [0.3, 0.4) is 0 Å². The lowest BCUT2D eigenvalue weighted by Crippen LogP contribution is -2.03. The second kappa shape index (κ2) is 5.88. The van der Waals surface area contributed by atoms with Crippen LogP contribution in [0, 0.1) is 18.6 Å². The first-order chi connectivity index (χ1) is 8.97. The van der Waals surface area contributed by atoms with Crippen molar-refractivity contribution in [2.45, 2.75) is 13.5 Å². The maximum Gasteiger partial charge on any atom is 0.125 e. The summed E-state index contributed by atoms with van der Waals surface area (Å²) in [5, 5.41) is 3.36. The van der Waals surface area contributed by atoms with Crippen molar-refractivity contribution in [3.63, 3.8) is 0 Å². The average Bonchev–Trinajstić information content (AvgIpc) is 2.32. The normalized spacial score (nSPS) is 10.6. The molecule has 0 spiro atoms. The van der Waals surface area contributed by atoms with Gasteiger partial charge in [-0.2, -0.15) is 0 Å². The summed E-state index contributed by atoms with van der Waals surface area (Å²) in [6, 6.07) is 7.15. The van der Waals surface area contributed by atoms with E-state index in [1.807, 2.05) is 6.92 Å². The molecular weight excluding hydrogens is 336 g/mol. The monoisotopic (exact) mass is 345 g/mol. The van der Waals surface area contributed by atoms with Crippen molar-refractivity contribution in [3.8, 4) is 0 Å². The molecule has 0 fully saturated rings. The molecule has 1 nitrogen and oxygen atoms in total. The molecule has 0 heterocycles. The number of nitrogens with one attached hydrogen (secondary N) is 1. The van der Waals surface area contributed by atoms with Crippen molar-refractivity contribution >= 4 is 33.2 Å². The van der Waals surface area contributed by atoms with E-state index in [1.54, 1.807) is 6.07 Å². The molecule has 2 aromatic rings. The molecule has 0 aliphatic rings. The molecule has 0 aliphatic heterocycles. The molecule has 0 bridgehead atoms. The standard InChI is InChI=1S/C14H11BrClF2N/c1-8-2-3-10(17)4-9(8)7-19-14-12(15)5-11(18)6-13(14)16/h2-6,19H,7H2,1H3. The van der Waals surface area contributed by atoms with E-state index in [1.165, 1.54) is 24.3 Å². The van der Waals surface area contributed by atoms with Crippen molar-refractivity contribution < 1.29 is 8.78 Å². The summed E-state index contributed by atoms with van der Waals surface area (Å²) >= 11 is 9.21. The van der Waals surface area contributed by atoms with Crippen LogP contribution in [0.25, 0.3) is 0 Å². The lowest BCUT2D eigenvalue weighted by atomic mass is 10.1. The van der Waals surface area contributed by atoms with Crippen LogP contribution in [0.1, 0.15) is 11.1 Å². The molecule has 0 saturated heterocycles. The zero-order valence-electron chi connectivity index (χ0n) is 10.1. The molecule has 0 unspecified atom stereocenters. The zero-order valence-corrected chi connectivity index (χ0v) is 12.4. The van der Waals surface area contributed by atoms with Gasteiger partial charge in [0.05, 0.1) is 10.7 Å². The van der Waals surface area contributed by atoms with Crippen molar-refractivity contribution in [1.82, 2.24) is 0 Å². The first-order valence-electron chi connectivity index (χ1n) is 5.61. The minimum absolute atomic E-state index is 0.279. The largest absolute Gasteiger partial charge is 0.379 e. The number of anilines is 1. The quantitative estimate of drug-likeness (QED) is 0.795. The summed E-state index contributed by atoms with van der Waals surface area (Å²) in [5.74, 6) is -0.698. The number of aryl methyl sites for hydroxylation is 1. The van der Waals surface area contributed by atoms with Gasteiger partial charge in [-0.05, 0) is 58.2 Å². The van der Waals surface area contributed by atoms with E-state index in [4.69, 9.17) is 11.6 Å². The van der Waals surface area contributed by atoms with Gasteiger partial charge in [-0.25, -0.2) is 8.78 Å². The molecule has 19 heavy (non-hydrogen) atoms. The molecule has 0 radical (unpaired) electrons. The van der Waals surface area contributed by atoms with E-state index in [9.17, 15) is 8.78 Å².